The topological polar surface area (TPSA) is 74.6 Å². The number of carboxylic acid groups (broad SMARTS) is 2. The van der Waals surface area contributed by atoms with Gasteiger partial charge in [0.05, 0.1) is 11.8 Å². The Kier molecular flexibility index (Phi) is 2.03. The van der Waals surface area contributed by atoms with Crippen LogP contribution in [0.1, 0.15) is 25.7 Å². The van der Waals surface area contributed by atoms with Gasteiger partial charge >= 0.3 is 11.9 Å². The van der Waals surface area contributed by atoms with Crippen molar-refractivity contribution in [2.75, 3.05) is 0 Å². The van der Waals surface area contributed by atoms with E-state index in [0.29, 0.717) is 11.8 Å². The van der Waals surface area contributed by atoms with Crippen molar-refractivity contribution in [1.82, 2.24) is 0 Å². The van der Waals surface area contributed by atoms with Gasteiger partial charge in [-0.25, -0.2) is 0 Å². The summed E-state index contributed by atoms with van der Waals surface area (Å²) in [5, 5.41) is 18.3. The third-order valence-electron chi connectivity index (χ3n) is 5.14. The van der Waals surface area contributed by atoms with E-state index in [1.807, 2.05) is 0 Å². The Morgan fingerprint density at radius 3 is 1.31 bits per heavy atom. The molecule has 16 heavy (non-hydrogen) atoms. The van der Waals surface area contributed by atoms with Crippen molar-refractivity contribution in [2.24, 2.45) is 35.5 Å². The normalized spacial score (nSPS) is 49.2. The van der Waals surface area contributed by atoms with Gasteiger partial charge in [0.15, 0.2) is 0 Å². The van der Waals surface area contributed by atoms with Crippen molar-refractivity contribution in [3.05, 3.63) is 0 Å². The highest BCUT2D eigenvalue weighted by Crippen LogP contribution is 2.63. The first-order chi connectivity index (χ1) is 7.61. The van der Waals surface area contributed by atoms with Crippen LogP contribution in [-0.2, 0) is 9.59 Å². The molecule has 0 aromatic rings. The first-order valence-electron chi connectivity index (χ1n) is 6.07. The van der Waals surface area contributed by atoms with Crippen LogP contribution in [0.15, 0.2) is 0 Å². The SMILES string of the molecule is O=C(O)C1C(C(=O)O)[C@@H]2C3CCC(CC3)[C@H]12. The maximum atomic E-state index is 11.2. The van der Waals surface area contributed by atoms with Gasteiger partial charge in [0.25, 0.3) is 0 Å². The molecule has 4 nitrogen and oxygen atoms in total. The third kappa shape index (κ3) is 1.10. The standard InChI is InChI=1S/C12H16O4/c13-11(14)9-7-5-1-2-6(4-3-5)8(7)10(9)12(15)16/h5-10H,1-4H2,(H,13,14)(H,15,16)/t5?,6?,7-,8+,9?,10?. The van der Waals surface area contributed by atoms with Crippen LogP contribution in [0.4, 0.5) is 0 Å². The zero-order valence-corrected chi connectivity index (χ0v) is 9.00. The molecule has 0 radical (unpaired) electrons. The van der Waals surface area contributed by atoms with Crippen molar-refractivity contribution in [1.29, 1.82) is 0 Å². The summed E-state index contributed by atoms with van der Waals surface area (Å²) in [4.78, 5) is 22.3. The summed E-state index contributed by atoms with van der Waals surface area (Å²) >= 11 is 0. The molecule has 0 saturated heterocycles. The van der Waals surface area contributed by atoms with Crippen molar-refractivity contribution in [3.63, 3.8) is 0 Å². The third-order valence-corrected chi connectivity index (χ3v) is 5.14. The van der Waals surface area contributed by atoms with E-state index < -0.39 is 23.8 Å². The summed E-state index contributed by atoms with van der Waals surface area (Å²) in [6.07, 6.45) is 4.45. The summed E-state index contributed by atoms with van der Waals surface area (Å²) in [7, 11) is 0. The average molecular weight is 224 g/mol. The first kappa shape index (κ1) is 10.1. The predicted octanol–water partition coefficient (Wildman–Crippen LogP) is 1.45. The Labute approximate surface area is 93.6 Å². The lowest BCUT2D eigenvalue weighted by Crippen LogP contribution is -2.62. The first-order valence-corrected chi connectivity index (χ1v) is 6.07. The molecule has 88 valence electrons. The summed E-state index contributed by atoms with van der Waals surface area (Å²) < 4.78 is 0. The van der Waals surface area contributed by atoms with Crippen molar-refractivity contribution in [3.8, 4) is 0 Å². The van der Waals surface area contributed by atoms with Crippen LogP contribution in [0.5, 0.6) is 0 Å². The van der Waals surface area contributed by atoms with Crippen LogP contribution in [0, 0.1) is 35.5 Å². The largest absolute Gasteiger partial charge is 0.481 e. The van der Waals surface area contributed by atoms with E-state index in [4.69, 9.17) is 10.2 Å². The molecule has 4 saturated carbocycles. The smallest absolute Gasteiger partial charge is 0.307 e. The van der Waals surface area contributed by atoms with Crippen molar-refractivity contribution in [2.45, 2.75) is 25.7 Å². The Hall–Kier alpha value is -1.06. The zero-order chi connectivity index (χ0) is 11.4. The molecule has 0 heterocycles. The Balaban J connectivity index is 1.91. The molecular weight excluding hydrogens is 208 g/mol. The van der Waals surface area contributed by atoms with E-state index in [0.717, 1.165) is 25.7 Å². The zero-order valence-electron chi connectivity index (χ0n) is 9.00. The van der Waals surface area contributed by atoms with Gasteiger partial charge < -0.3 is 10.2 Å². The van der Waals surface area contributed by atoms with Crippen LogP contribution < -0.4 is 0 Å². The van der Waals surface area contributed by atoms with Gasteiger partial charge in [-0.3, -0.25) is 9.59 Å². The summed E-state index contributed by atoms with van der Waals surface area (Å²) in [5.74, 6) is -1.76. The number of fused-ring (bicyclic) bond motifs is 2. The van der Waals surface area contributed by atoms with Gasteiger partial charge in [-0.1, -0.05) is 0 Å². The van der Waals surface area contributed by atoms with Crippen LogP contribution in [0.25, 0.3) is 0 Å². The molecule has 4 aliphatic carbocycles. The fourth-order valence-electron chi connectivity index (χ4n) is 4.58. The Bertz CT molecular complexity index is 309. The number of aliphatic carboxylic acids is 2. The Morgan fingerprint density at radius 2 is 1.06 bits per heavy atom. The van der Waals surface area contributed by atoms with Crippen LogP contribution >= 0.6 is 0 Å². The van der Waals surface area contributed by atoms with Gasteiger partial charge in [0.1, 0.15) is 0 Å². The molecule has 4 rings (SSSR count). The number of hydrogen-bond acceptors (Lipinski definition) is 2. The maximum Gasteiger partial charge on any atom is 0.307 e. The lowest BCUT2D eigenvalue weighted by Gasteiger charge is -2.61. The quantitative estimate of drug-likeness (QED) is 0.744. The molecule has 0 amide bonds. The molecule has 4 fully saturated rings. The second-order valence-corrected chi connectivity index (χ2v) is 5.56. The van der Waals surface area contributed by atoms with Crippen LogP contribution in [0.3, 0.4) is 0 Å². The minimum Gasteiger partial charge on any atom is -0.481 e. The number of hydrogen-bond donors (Lipinski definition) is 2. The van der Waals surface area contributed by atoms with Gasteiger partial charge in [0.2, 0.25) is 0 Å². The molecule has 4 heteroatoms. The molecular formula is C12H16O4. The highest BCUT2D eigenvalue weighted by Gasteiger charge is 2.64. The highest BCUT2D eigenvalue weighted by atomic mass is 16.4. The van der Waals surface area contributed by atoms with Crippen molar-refractivity contribution < 1.29 is 19.8 Å². The van der Waals surface area contributed by atoms with Gasteiger partial charge in [0, 0.05) is 0 Å². The number of carbonyl (C=O) groups is 2. The predicted molar refractivity (Wildman–Crippen MR) is 54.7 cm³/mol. The monoisotopic (exact) mass is 224 g/mol. The van der Waals surface area contributed by atoms with Crippen LogP contribution in [0.2, 0.25) is 0 Å². The molecule has 0 aliphatic heterocycles. The summed E-state index contributed by atoms with van der Waals surface area (Å²) in [6, 6.07) is 0. The molecule has 0 spiro atoms. The lowest BCUT2D eigenvalue weighted by molar-refractivity contribution is -0.200. The van der Waals surface area contributed by atoms with Crippen LogP contribution in [-0.4, -0.2) is 22.2 Å². The molecule has 0 aromatic heterocycles. The van der Waals surface area contributed by atoms with Gasteiger partial charge in [-0.05, 0) is 49.4 Å². The molecule has 2 unspecified atom stereocenters. The van der Waals surface area contributed by atoms with E-state index in [-0.39, 0.29) is 11.8 Å². The summed E-state index contributed by atoms with van der Waals surface area (Å²) in [6.45, 7) is 0. The lowest BCUT2D eigenvalue weighted by atomic mass is 9.42. The summed E-state index contributed by atoms with van der Waals surface area (Å²) in [5.41, 5.74) is 0. The Morgan fingerprint density at radius 1 is 0.750 bits per heavy atom. The fraction of sp³-hybridized carbons (Fsp3) is 0.833. The van der Waals surface area contributed by atoms with Gasteiger partial charge in [-0.2, -0.15) is 0 Å². The van der Waals surface area contributed by atoms with E-state index >= 15 is 0 Å². The molecule has 0 aromatic carbocycles. The average Bonchev–Trinajstić information content (AvgIpc) is 2.16. The van der Waals surface area contributed by atoms with E-state index in [9.17, 15) is 9.59 Å². The minimum absolute atomic E-state index is 0.158. The highest BCUT2D eigenvalue weighted by molar-refractivity contribution is 5.83. The van der Waals surface area contributed by atoms with Crippen molar-refractivity contribution >= 4 is 11.9 Å². The molecule has 4 aliphatic rings. The second-order valence-electron chi connectivity index (χ2n) is 5.56. The molecule has 4 atom stereocenters. The number of carboxylic acids is 2. The van der Waals surface area contributed by atoms with E-state index in [1.54, 1.807) is 0 Å². The maximum absolute atomic E-state index is 11.2. The molecule has 2 bridgehead atoms. The van der Waals surface area contributed by atoms with E-state index in [1.165, 1.54) is 0 Å². The molecule has 2 N–H and O–H groups in total. The van der Waals surface area contributed by atoms with Gasteiger partial charge in [-0.15, -0.1) is 0 Å². The number of rotatable bonds is 2. The van der Waals surface area contributed by atoms with E-state index in [2.05, 4.69) is 0 Å². The fourth-order valence-corrected chi connectivity index (χ4v) is 4.58. The minimum atomic E-state index is -0.902. The second kappa shape index (κ2) is 3.22.